The molecule has 0 spiro atoms. The van der Waals surface area contributed by atoms with Gasteiger partial charge in [-0.2, -0.15) is 0 Å². The van der Waals surface area contributed by atoms with E-state index in [9.17, 15) is 18.0 Å². The molecule has 2 aliphatic rings. The van der Waals surface area contributed by atoms with Crippen LogP contribution in [0.5, 0.6) is 0 Å². The van der Waals surface area contributed by atoms with Crippen molar-refractivity contribution in [2.24, 2.45) is 0 Å². The minimum Gasteiger partial charge on any atom is -0.308 e. The summed E-state index contributed by atoms with van der Waals surface area (Å²) in [5.41, 5.74) is 3.65. The van der Waals surface area contributed by atoms with E-state index in [2.05, 4.69) is 19.9 Å². The quantitative estimate of drug-likeness (QED) is 0.772. The van der Waals surface area contributed by atoms with Crippen molar-refractivity contribution in [2.45, 2.75) is 44.4 Å². The van der Waals surface area contributed by atoms with Crippen LogP contribution >= 0.6 is 0 Å². The number of nitrogens with zero attached hydrogens (tertiary/aromatic N) is 2. The van der Waals surface area contributed by atoms with Crippen LogP contribution in [-0.2, 0) is 16.4 Å². The van der Waals surface area contributed by atoms with Gasteiger partial charge in [-0.1, -0.05) is 26.0 Å². The van der Waals surface area contributed by atoms with Crippen molar-refractivity contribution in [1.82, 2.24) is 4.31 Å². The minimum absolute atomic E-state index is 0.0663. The Morgan fingerprint density at radius 3 is 2.59 bits per heavy atom. The fourth-order valence-electron chi connectivity index (χ4n) is 4.06. The zero-order valence-electron chi connectivity index (χ0n) is 16.8. The van der Waals surface area contributed by atoms with Crippen LogP contribution in [0, 0.1) is 0 Å². The fourth-order valence-corrected chi connectivity index (χ4v) is 5.67. The molecule has 7 heteroatoms. The Kier molecular flexibility index (Phi) is 4.73. The van der Waals surface area contributed by atoms with Crippen LogP contribution in [-0.4, -0.2) is 37.6 Å². The van der Waals surface area contributed by atoms with Crippen LogP contribution in [0.15, 0.2) is 41.3 Å². The molecule has 0 bridgehead atoms. The van der Waals surface area contributed by atoms with Crippen molar-refractivity contribution in [3.63, 3.8) is 0 Å². The number of carbonyl (C=O) groups is 2. The van der Waals surface area contributed by atoms with Crippen LogP contribution in [0.25, 0.3) is 0 Å². The summed E-state index contributed by atoms with van der Waals surface area (Å²) in [6.45, 7) is 6.54. The first-order chi connectivity index (χ1) is 13.8. The predicted molar refractivity (Wildman–Crippen MR) is 111 cm³/mol. The Morgan fingerprint density at radius 1 is 1.14 bits per heavy atom. The molecule has 0 saturated heterocycles. The van der Waals surface area contributed by atoms with Crippen LogP contribution in [0.3, 0.4) is 0 Å². The van der Waals surface area contributed by atoms with E-state index in [1.165, 1.54) is 17.7 Å². The lowest BCUT2D eigenvalue weighted by Gasteiger charge is -2.30. The molecule has 2 aromatic carbocycles. The maximum Gasteiger partial charge on any atom is 0.268 e. The minimum atomic E-state index is -3.90. The number of hydrogen-bond donors (Lipinski definition) is 0. The molecule has 0 fully saturated rings. The molecule has 6 nitrogen and oxygen atoms in total. The van der Waals surface area contributed by atoms with E-state index in [0.29, 0.717) is 12.5 Å². The van der Waals surface area contributed by atoms with Gasteiger partial charge in [-0.3, -0.25) is 9.59 Å². The van der Waals surface area contributed by atoms with Gasteiger partial charge in [-0.25, -0.2) is 12.7 Å². The lowest BCUT2D eigenvalue weighted by atomic mass is 9.94. The lowest BCUT2D eigenvalue weighted by Crippen LogP contribution is -2.35. The van der Waals surface area contributed by atoms with E-state index in [1.807, 2.05) is 12.1 Å². The first-order valence-corrected chi connectivity index (χ1v) is 11.4. The molecule has 2 heterocycles. The average molecular weight is 413 g/mol. The smallest absolute Gasteiger partial charge is 0.268 e. The molecule has 0 saturated carbocycles. The van der Waals surface area contributed by atoms with Crippen molar-refractivity contribution >= 4 is 27.5 Å². The highest BCUT2D eigenvalue weighted by Gasteiger charge is 2.40. The first-order valence-electron chi connectivity index (χ1n) is 9.91. The molecule has 2 aromatic rings. The summed E-state index contributed by atoms with van der Waals surface area (Å²) in [4.78, 5) is 27.2. The van der Waals surface area contributed by atoms with Crippen molar-refractivity contribution in [3.05, 3.63) is 58.7 Å². The third-order valence-electron chi connectivity index (χ3n) is 5.67. The van der Waals surface area contributed by atoms with Gasteiger partial charge in [-0.05, 0) is 61.1 Å². The van der Waals surface area contributed by atoms with Crippen molar-refractivity contribution in [3.8, 4) is 0 Å². The third kappa shape index (κ3) is 3.04. The van der Waals surface area contributed by atoms with Crippen LogP contribution < -0.4 is 4.90 Å². The third-order valence-corrected chi connectivity index (χ3v) is 7.57. The van der Waals surface area contributed by atoms with Gasteiger partial charge in [0.15, 0.2) is 0 Å². The summed E-state index contributed by atoms with van der Waals surface area (Å²) in [7, 11) is -3.90. The summed E-state index contributed by atoms with van der Waals surface area (Å²) < 4.78 is 26.2. The molecule has 0 unspecified atom stereocenters. The van der Waals surface area contributed by atoms with Crippen molar-refractivity contribution in [2.75, 3.05) is 18.0 Å². The van der Waals surface area contributed by atoms with Gasteiger partial charge in [0.2, 0.25) is 0 Å². The monoisotopic (exact) mass is 412 g/mol. The van der Waals surface area contributed by atoms with E-state index >= 15 is 0 Å². The lowest BCUT2D eigenvalue weighted by molar-refractivity contribution is 0.0874. The maximum atomic E-state index is 13.3. The number of amides is 2. The van der Waals surface area contributed by atoms with Crippen LogP contribution in [0.2, 0.25) is 0 Å². The van der Waals surface area contributed by atoms with Crippen molar-refractivity contribution in [1.29, 1.82) is 0 Å². The second-order valence-corrected chi connectivity index (χ2v) is 9.62. The molecule has 0 aromatic heterocycles. The van der Waals surface area contributed by atoms with Crippen molar-refractivity contribution < 1.29 is 18.0 Å². The molecule has 29 heavy (non-hydrogen) atoms. The summed E-state index contributed by atoms with van der Waals surface area (Å²) in [5.74, 6) is -0.373. The Labute approximate surface area is 171 Å². The number of hydrogen-bond acceptors (Lipinski definition) is 4. The van der Waals surface area contributed by atoms with E-state index in [-0.39, 0.29) is 28.5 Å². The van der Waals surface area contributed by atoms with Gasteiger partial charge in [0.1, 0.15) is 4.90 Å². The second kappa shape index (κ2) is 6.99. The molecule has 0 N–H and O–H groups in total. The maximum absolute atomic E-state index is 13.3. The van der Waals surface area contributed by atoms with Gasteiger partial charge < -0.3 is 4.90 Å². The highest BCUT2D eigenvalue weighted by molar-refractivity contribution is 7.90. The number of rotatable bonds is 3. The molecule has 0 radical (unpaired) electrons. The van der Waals surface area contributed by atoms with Gasteiger partial charge in [0, 0.05) is 24.3 Å². The topological polar surface area (TPSA) is 74.8 Å². The summed E-state index contributed by atoms with van der Waals surface area (Å²) >= 11 is 0. The largest absolute Gasteiger partial charge is 0.308 e. The average Bonchev–Trinajstić information content (AvgIpc) is 2.91. The van der Waals surface area contributed by atoms with Gasteiger partial charge in [-0.15, -0.1) is 0 Å². The fraction of sp³-hybridized carbons (Fsp3) is 0.364. The van der Waals surface area contributed by atoms with Gasteiger partial charge in [0.05, 0.1) is 5.56 Å². The second-order valence-electron chi connectivity index (χ2n) is 7.79. The Balaban J connectivity index is 1.73. The molecule has 0 atom stereocenters. The van der Waals surface area contributed by atoms with E-state index in [4.69, 9.17) is 0 Å². The number of sulfonamides is 1. The zero-order chi connectivity index (χ0) is 20.9. The zero-order valence-corrected chi connectivity index (χ0v) is 17.6. The molecular formula is C22H24N2O4S. The van der Waals surface area contributed by atoms with Crippen LogP contribution in [0.4, 0.5) is 5.69 Å². The van der Waals surface area contributed by atoms with Gasteiger partial charge >= 0.3 is 0 Å². The normalized spacial score (nSPS) is 17.4. The number of aryl methyl sites for hydroxylation is 1. The molecule has 2 aliphatic heterocycles. The highest BCUT2D eigenvalue weighted by atomic mass is 32.2. The number of anilines is 1. The Hall–Kier alpha value is -2.67. The molecule has 2 amide bonds. The number of benzene rings is 2. The van der Waals surface area contributed by atoms with Crippen LogP contribution in [0.1, 0.15) is 65.0 Å². The first kappa shape index (κ1) is 19.6. The number of fused-ring (bicyclic) bond motifs is 2. The molecule has 4 rings (SSSR count). The molecule has 152 valence electrons. The van der Waals surface area contributed by atoms with E-state index < -0.39 is 15.9 Å². The standard InChI is InChI=1S/C22H24N2O4S/c1-4-24-22(26)18-9-7-17(13-20(18)29(24,27)28)21(25)23-11-5-6-16-12-15(14(2)3)8-10-19(16)23/h7-10,12-14H,4-6,11H2,1-3H3. The summed E-state index contributed by atoms with van der Waals surface area (Å²) in [6, 6.07) is 10.5. The SMILES string of the molecule is CCN1C(=O)c2ccc(C(=O)N3CCCc4cc(C(C)C)ccc43)cc2S1(=O)=O. The Morgan fingerprint density at radius 2 is 1.90 bits per heavy atom. The summed E-state index contributed by atoms with van der Waals surface area (Å²) in [6.07, 6.45) is 1.77. The number of carbonyl (C=O) groups excluding carboxylic acids is 2. The van der Waals surface area contributed by atoms with E-state index in [1.54, 1.807) is 17.9 Å². The van der Waals surface area contributed by atoms with E-state index in [0.717, 1.165) is 28.4 Å². The molecular weight excluding hydrogens is 388 g/mol. The Bertz CT molecular complexity index is 1120. The highest BCUT2D eigenvalue weighted by Crippen LogP contribution is 2.34. The molecule has 0 aliphatic carbocycles. The van der Waals surface area contributed by atoms with Gasteiger partial charge in [0.25, 0.3) is 21.8 Å². The predicted octanol–water partition coefficient (Wildman–Crippen LogP) is 3.57. The summed E-state index contributed by atoms with van der Waals surface area (Å²) in [5, 5.41) is 0.